The van der Waals surface area contributed by atoms with Crippen molar-refractivity contribution in [3.8, 4) is 5.75 Å². The van der Waals surface area contributed by atoms with E-state index in [2.05, 4.69) is 4.99 Å². The molecule has 0 fully saturated rings. The lowest BCUT2D eigenvalue weighted by Gasteiger charge is -2.30. The molecule has 3 nitrogen and oxygen atoms in total. The van der Waals surface area contributed by atoms with Gasteiger partial charge in [-0.2, -0.15) is 0 Å². The maximum absolute atomic E-state index is 14.1. The maximum atomic E-state index is 14.1. The largest absolute Gasteiger partial charge is 0.466 e. The summed E-state index contributed by atoms with van der Waals surface area (Å²) in [6, 6.07) is 11.9. The first-order valence-electron chi connectivity index (χ1n) is 6.40. The number of hydrogen-bond donors (Lipinski definition) is 1. The Hall–Kier alpha value is -2.36. The van der Waals surface area contributed by atoms with Crippen molar-refractivity contribution in [1.29, 1.82) is 0 Å². The molecule has 4 heteroatoms. The third-order valence-electron chi connectivity index (χ3n) is 3.13. The molecule has 102 valence electrons. The molecule has 0 atom stereocenters. The number of benzene rings is 2. The molecule has 0 radical (unpaired) electrons. The van der Waals surface area contributed by atoms with Crippen LogP contribution in [-0.4, -0.2) is 11.4 Å². The fourth-order valence-electron chi connectivity index (χ4n) is 2.30. The standard InChI is InChI=1S/C16H15FN2O/c1-16(2)19-15(11-5-3-4-6-13(11)17)12-8-7-10(18)9-14(12)20-16/h3-9H,18H2,1-2H3. The lowest BCUT2D eigenvalue weighted by atomic mass is 9.98. The van der Waals surface area contributed by atoms with Crippen molar-refractivity contribution < 1.29 is 9.13 Å². The van der Waals surface area contributed by atoms with Crippen molar-refractivity contribution in [2.75, 3.05) is 5.73 Å². The van der Waals surface area contributed by atoms with Crippen molar-refractivity contribution in [3.63, 3.8) is 0 Å². The highest BCUT2D eigenvalue weighted by atomic mass is 19.1. The van der Waals surface area contributed by atoms with Gasteiger partial charge in [-0.3, -0.25) is 0 Å². The Morgan fingerprint density at radius 2 is 1.85 bits per heavy atom. The van der Waals surface area contributed by atoms with Crippen molar-refractivity contribution in [2.45, 2.75) is 19.6 Å². The normalized spacial score (nSPS) is 16.1. The zero-order valence-corrected chi connectivity index (χ0v) is 11.4. The summed E-state index contributed by atoms with van der Waals surface area (Å²) in [5, 5.41) is 0. The van der Waals surface area contributed by atoms with E-state index in [1.807, 2.05) is 19.9 Å². The Kier molecular flexibility index (Phi) is 2.74. The van der Waals surface area contributed by atoms with Gasteiger partial charge >= 0.3 is 0 Å². The molecule has 0 saturated carbocycles. The molecule has 1 aliphatic heterocycles. The van der Waals surface area contributed by atoms with Gasteiger partial charge < -0.3 is 10.5 Å². The van der Waals surface area contributed by atoms with E-state index in [0.29, 0.717) is 22.7 Å². The average molecular weight is 270 g/mol. The number of nitrogens with zero attached hydrogens (tertiary/aromatic N) is 1. The predicted molar refractivity (Wildman–Crippen MR) is 77.6 cm³/mol. The molecule has 2 aromatic rings. The number of rotatable bonds is 1. The van der Waals surface area contributed by atoms with Gasteiger partial charge in [0.1, 0.15) is 11.6 Å². The van der Waals surface area contributed by atoms with Gasteiger partial charge in [0.25, 0.3) is 0 Å². The number of nitrogen functional groups attached to an aromatic ring is 1. The van der Waals surface area contributed by atoms with Gasteiger partial charge in [0.15, 0.2) is 5.72 Å². The number of hydrogen-bond acceptors (Lipinski definition) is 3. The first-order chi connectivity index (χ1) is 9.46. The molecule has 2 N–H and O–H groups in total. The Balaban J connectivity index is 2.24. The fourth-order valence-corrected chi connectivity index (χ4v) is 2.30. The van der Waals surface area contributed by atoms with E-state index in [1.54, 1.807) is 30.3 Å². The second-order valence-electron chi connectivity index (χ2n) is 5.24. The molecule has 0 spiro atoms. The summed E-state index contributed by atoms with van der Waals surface area (Å²) in [6.07, 6.45) is 0. The number of halogens is 1. The molecule has 3 rings (SSSR count). The van der Waals surface area contributed by atoms with Gasteiger partial charge in [0, 0.05) is 22.9 Å². The number of fused-ring (bicyclic) bond motifs is 1. The van der Waals surface area contributed by atoms with Crippen molar-refractivity contribution in [3.05, 3.63) is 59.4 Å². The molecule has 2 aromatic carbocycles. The molecule has 0 unspecified atom stereocenters. The second-order valence-corrected chi connectivity index (χ2v) is 5.24. The first-order valence-corrected chi connectivity index (χ1v) is 6.40. The first kappa shape index (κ1) is 12.7. The quantitative estimate of drug-likeness (QED) is 0.807. The maximum Gasteiger partial charge on any atom is 0.195 e. The van der Waals surface area contributed by atoms with E-state index in [1.165, 1.54) is 6.07 Å². The highest BCUT2D eigenvalue weighted by molar-refractivity contribution is 6.15. The average Bonchev–Trinajstić information content (AvgIpc) is 2.36. The number of nitrogens with two attached hydrogens (primary N) is 1. The third-order valence-corrected chi connectivity index (χ3v) is 3.13. The minimum absolute atomic E-state index is 0.299. The second kappa shape index (κ2) is 4.34. The molecular formula is C16H15FN2O. The summed E-state index contributed by atoms with van der Waals surface area (Å²) in [5.74, 6) is 0.329. The Morgan fingerprint density at radius 1 is 1.10 bits per heavy atom. The molecule has 0 aliphatic carbocycles. The summed E-state index contributed by atoms with van der Waals surface area (Å²) in [4.78, 5) is 4.53. The fraction of sp³-hybridized carbons (Fsp3) is 0.188. The SMILES string of the molecule is CC1(C)N=C(c2ccccc2F)c2ccc(N)cc2O1. The van der Waals surface area contributed by atoms with Crippen molar-refractivity contribution in [2.24, 2.45) is 4.99 Å². The van der Waals surface area contributed by atoms with Crippen LogP contribution >= 0.6 is 0 Å². The highest BCUT2D eigenvalue weighted by Crippen LogP contribution is 2.34. The van der Waals surface area contributed by atoms with Gasteiger partial charge in [-0.15, -0.1) is 0 Å². The molecule has 1 heterocycles. The van der Waals surface area contributed by atoms with Crippen LogP contribution in [0.4, 0.5) is 10.1 Å². The van der Waals surface area contributed by atoms with Gasteiger partial charge in [0.2, 0.25) is 0 Å². The van der Waals surface area contributed by atoms with Crippen LogP contribution in [0.1, 0.15) is 25.0 Å². The molecule has 0 bridgehead atoms. The Morgan fingerprint density at radius 3 is 2.60 bits per heavy atom. The molecule has 0 aromatic heterocycles. The zero-order valence-electron chi connectivity index (χ0n) is 11.4. The monoisotopic (exact) mass is 270 g/mol. The predicted octanol–water partition coefficient (Wildman–Crippen LogP) is 3.37. The minimum Gasteiger partial charge on any atom is -0.466 e. The lowest BCUT2D eigenvalue weighted by molar-refractivity contribution is 0.115. The van der Waals surface area contributed by atoms with E-state index in [4.69, 9.17) is 10.5 Å². The van der Waals surface area contributed by atoms with Gasteiger partial charge in [-0.1, -0.05) is 12.1 Å². The van der Waals surface area contributed by atoms with E-state index >= 15 is 0 Å². The summed E-state index contributed by atoms with van der Waals surface area (Å²) in [7, 11) is 0. The van der Waals surface area contributed by atoms with Crippen molar-refractivity contribution in [1.82, 2.24) is 0 Å². The lowest BCUT2D eigenvalue weighted by Crippen LogP contribution is -2.32. The van der Waals surface area contributed by atoms with Crippen LogP contribution in [0, 0.1) is 5.82 Å². The summed E-state index contributed by atoms with van der Waals surface area (Å²) < 4.78 is 19.9. The van der Waals surface area contributed by atoms with Gasteiger partial charge in [-0.05, 0) is 38.1 Å². The number of aliphatic imine (C=N–C) groups is 1. The van der Waals surface area contributed by atoms with Gasteiger partial charge in [0.05, 0.1) is 5.71 Å². The molecule has 20 heavy (non-hydrogen) atoms. The van der Waals surface area contributed by atoms with Gasteiger partial charge in [-0.25, -0.2) is 9.38 Å². The molecule has 0 saturated heterocycles. The van der Waals surface area contributed by atoms with Crippen LogP contribution < -0.4 is 10.5 Å². The van der Waals surface area contributed by atoms with Crippen LogP contribution in [-0.2, 0) is 0 Å². The van der Waals surface area contributed by atoms with Crippen molar-refractivity contribution >= 4 is 11.4 Å². The van der Waals surface area contributed by atoms with Crippen LogP contribution in [0.2, 0.25) is 0 Å². The smallest absolute Gasteiger partial charge is 0.195 e. The summed E-state index contributed by atoms with van der Waals surface area (Å²) in [6.45, 7) is 3.67. The number of anilines is 1. The topological polar surface area (TPSA) is 47.6 Å². The van der Waals surface area contributed by atoms with Crippen LogP contribution in [0.25, 0.3) is 0 Å². The van der Waals surface area contributed by atoms with E-state index in [9.17, 15) is 4.39 Å². The van der Waals surface area contributed by atoms with E-state index < -0.39 is 5.72 Å². The summed E-state index contributed by atoms with van der Waals surface area (Å²) in [5.41, 5.74) is 7.46. The Labute approximate surface area is 116 Å². The molecular weight excluding hydrogens is 255 g/mol. The van der Waals surface area contributed by atoms with Crippen LogP contribution in [0.3, 0.4) is 0 Å². The molecule has 0 amide bonds. The van der Waals surface area contributed by atoms with E-state index in [0.717, 1.165) is 5.56 Å². The Bertz CT molecular complexity index is 707. The van der Waals surface area contributed by atoms with E-state index in [-0.39, 0.29) is 5.82 Å². The van der Waals surface area contributed by atoms with Crippen LogP contribution in [0.15, 0.2) is 47.5 Å². The molecule has 1 aliphatic rings. The highest BCUT2D eigenvalue weighted by Gasteiger charge is 2.29. The third kappa shape index (κ3) is 2.13. The number of ether oxygens (including phenoxy) is 1. The minimum atomic E-state index is -0.752. The van der Waals surface area contributed by atoms with Crippen LogP contribution in [0.5, 0.6) is 5.75 Å². The zero-order chi connectivity index (χ0) is 14.3. The summed E-state index contributed by atoms with van der Waals surface area (Å²) >= 11 is 0.